The first-order valence-corrected chi connectivity index (χ1v) is 5.55. The standard InChI is InChI=1S/C10H11Cl2N3O/c11-5-1-7(12)10(8(14)2-5)15-4-6(13)3-9(15)16/h1-2,6H,3-4,13-14H2. The predicted molar refractivity (Wildman–Crippen MR) is 65.8 cm³/mol. The van der Waals surface area contributed by atoms with Crippen LogP contribution in [0.5, 0.6) is 0 Å². The number of hydrogen-bond donors (Lipinski definition) is 2. The molecule has 1 aromatic carbocycles. The van der Waals surface area contributed by atoms with E-state index < -0.39 is 0 Å². The van der Waals surface area contributed by atoms with Gasteiger partial charge in [-0.3, -0.25) is 4.79 Å². The summed E-state index contributed by atoms with van der Waals surface area (Å²) >= 11 is 11.8. The van der Waals surface area contributed by atoms with E-state index in [1.807, 2.05) is 0 Å². The third-order valence-corrected chi connectivity index (χ3v) is 2.99. The van der Waals surface area contributed by atoms with Gasteiger partial charge < -0.3 is 16.4 Å². The highest BCUT2D eigenvalue weighted by atomic mass is 35.5. The van der Waals surface area contributed by atoms with Crippen molar-refractivity contribution in [3.05, 3.63) is 22.2 Å². The molecule has 0 bridgehead atoms. The number of halogens is 2. The molecule has 86 valence electrons. The van der Waals surface area contributed by atoms with Crippen LogP contribution in [0.3, 0.4) is 0 Å². The van der Waals surface area contributed by atoms with E-state index in [4.69, 9.17) is 34.7 Å². The number of hydrogen-bond acceptors (Lipinski definition) is 3. The van der Waals surface area contributed by atoms with Crippen LogP contribution in [0.1, 0.15) is 6.42 Å². The topological polar surface area (TPSA) is 72.3 Å². The molecule has 16 heavy (non-hydrogen) atoms. The van der Waals surface area contributed by atoms with Crippen molar-refractivity contribution in [2.24, 2.45) is 5.73 Å². The van der Waals surface area contributed by atoms with E-state index >= 15 is 0 Å². The van der Waals surface area contributed by atoms with Crippen molar-refractivity contribution in [3.63, 3.8) is 0 Å². The number of benzene rings is 1. The van der Waals surface area contributed by atoms with Gasteiger partial charge in [0.15, 0.2) is 0 Å². The molecule has 1 amide bonds. The summed E-state index contributed by atoms with van der Waals surface area (Å²) in [7, 11) is 0. The lowest BCUT2D eigenvalue weighted by molar-refractivity contribution is -0.117. The minimum absolute atomic E-state index is 0.0663. The van der Waals surface area contributed by atoms with Crippen LogP contribution in [-0.4, -0.2) is 18.5 Å². The van der Waals surface area contributed by atoms with Gasteiger partial charge in [-0.2, -0.15) is 0 Å². The molecule has 4 nitrogen and oxygen atoms in total. The number of rotatable bonds is 1. The van der Waals surface area contributed by atoms with E-state index in [9.17, 15) is 4.79 Å². The fraction of sp³-hybridized carbons (Fsp3) is 0.300. The van der Waals surface area contributed by atoms with Crippen LogP contribution >= 0.6 is 23.2 Å². The lowest BCUT2D eigenvalue weighted by Gasteiger charge is -2.20. The van der Waals surface area contributed by atoms with Crippen molar-refractivity contribution in [3.8, 4) is 0 Å². The Balaban J connectivity index is 2.44. The molecule has 0 radical (unpaired) electrons. The maximum atomic E-state index is 11.7. The Morgan fingerprint density at radius 1 is 1.38 bits per heavy atom. The Morgan fingerprint density at radius 3 is 2.56 bits per heavy atom. The van der Waals surface area contributed by atoms with E-state index in [0.717, 1.165) is 0 Å². The van der Waals surface area contributed by atoms with Crippen LogP contribution in [-0.2, 0) is 4.79 Å². The van der Waals surface area contributed by atoms with Crippen molar-refractivity contribution in [2.75, 3.05) is 17.2 Å². The van der Waals surface area contributed by atoms with Gasteiger partial charge in [0.2, 0.25) is 5.91 Å². The molecule has 6 heteroatoms. The van der Waals surface area contributed by atoms with Gasteiger partial charge >= 0.3 is 0 Å². The Bertz CT molecular complexity index is 427. The van der Waals surface area contributed by atoms with Gasteiger partial charge in [-0.15, -0.1) is 0 Å². The lowest BCUT2D eigenvalue weighted by Crippen LogP contribution is -2.28. The normalized spacial score (nSPS) is 20.6. The Hall–Kier alpha value is -0.970. The molecular formula is C10H11Cl2N3O. The Labute approximate surface area is 103 Å². The fourth-order valence-electron chi connectivity index (χ4n) is 1.82. The van der Waals surface area contributed by atoms with E-state index in [-0.39, 0.29) is 11.9 Å². The first-order valence-electron chi connectivity index (χ1n) is 4.79. The molecule has 0 aliphatic carbocycles. The minimum Gasteiger partial charge on any atom is -0.397 e. The molecule has 1 heterocycles. The zero-order valence-corrected chi connectivity index (χ0v) is 9.92. The third-order valence-electron chi connectivity index (χ3n) is 2.48. The molecule has 0 saturated carbocycles. The second-order valence-electron chi connectivity index (χ2n) is 3.79. The number of nitrogen functional groups attached to an aromatic ring is 1. The van der Waals surface area contributed by atoms with E-state index in [2.05, 4.69) is 0 Å². The monoisotopic (exact) mass is 259 g/mol. The van der Waals surface area contributed by atoms with Crippen LogP contribution in [0, 0.1) is 0 Å². The van der Waals surface area contributed by atoms with E-state index in [1.54, 1.807) is 12.1 Å². The zero-order chi connectivity index (χ0) is 11.9. The summed E-state index contributed by atoms with van der Waals surface area (Å²) in [5.41, 5.74) is 12.4. The van der Waals surface area contributed by atoms with Crippen molar-refractivity contribution in [2.45, 2.75) is 12.5 Å². The molecule has 4 N–H and O–H groups in total. The molecule has 0 aromatic heterocycles. The highest BCUT2D eigenvalue weighted by Crippen LogP contribution is 2.36. The van der Waals surface area contributed by atoms with Gasteiger partial charge in [-0.1, -0.05) is 23.2 Å². The largest absolute Gasteiger partial charge is 0.397 e. The summed E-state index contributed by atoms with van der Waals surface area (Å²) in [4.78, 5) is 13.2. The molecule has 2 rings (SSSR count). The highest BCUT2D eigenvalue weighted by molar-refractivity contribution is 6.37. The van der Waals surface area contributed by atoms with Gasteiger partial charge in [0.1, 0.15) is 0 Å². The molecule has 1 aliphatic heterocycles. The number of carbonyl (C=O) groups is 1. The molecule has 0 spiro atoms. The highest BCUT2D eigenvalue weighted by Gasteiger charge is 2.30. The average molecular weight is 260 g/mol. The number of amides is 1. The van der Waals surface area contributed by atoms with Gasteiger partial charge in [0, 0.05) is 24.0 Å². The number of nitrogens with zero attached hydrogens (tertiary/aromatic N) is 1. The van der Waals surface area contributed by atoms with Crippen molar-refractivity contribution in [1.29, 1.82) is 0 Å². The van der Waals surface area contributed by atoms with E-state index in [0.29, 0.717) is 34.4 Å². The second-order valence-corrected chi connectivity index (χ2v) is 4.64. The van der Waals surface area contributed by atoms with Crippen LogP contribution < -0.4 is 16.4 Å². The molecular weight excluding hydrogens is 249 g/mol. The average Bonchev–Trinajstić information content (AvgIpc) is 2.43. The number of anilines is 2. The molecule has 1 aromatic rings. The quantitative estimate of drug-likeness (QED) is 0.754. The van der Waals surface area contributed by atoms with Crippen LogP contribution in [0.2, 0.25) is 10.0 Å². The smallest absolute Gasteiger partial charge is 0.228 e. The first-order chi connectivity index (χ1) is 7.49. The molecule has 1 aliphatic rings. The first kappa shape index (κ1) is 11.5. The Kier molecular flexibility index (Phi) is 2.97. The van der Waals surface area contributed by atoms with Crippen LogP contribution in [0.15, 0.2) is 12.1 Å². The van der Waals surface area contributed by atoms with Crippen LogP contribution in [0.25, 0.3) is 0 Å². The summed E-state index contributed by atoms with van der Waals surface area (Å²) in [6, 6.07) is 2.96. The van der Waals surface area contributed by atoms with Crippen molar-refractivity contribution in [1.82, 2.24) is 0 Å². The Morgan fingerprint density at radius 2 is 2.06 bits per heavy atom. The summed E-state index contributed by atoms with van der Waals surface area (Å²) in [5, 5.41) is 0.814. The van der Waals surface area contributed by atoms with Gasteiger partial charge in [0.25, 0.3) is 0 Å². The zero-order valence-electron chi connectivity index (χ0n) is 8.41. The van der Waals surface area contributed by atoms with Gasteiger partial charge in [0.05, 0.1) is 16.4 Å². The maximum absolute atomic E-state index is 11.7. The summed E-state index contributed by atoms with van der Waals surface area (Å²) in [6.07, 6.45) is 0.318. The van der Waals surface area contributed by atoms with Gasteiger partial charge in [-0.05, 0) is 12.1 Å². The molecule has 1 saturated heterocycles. The summed E-state index contributed by atoms with van der Waals surface area (Å²) in [5.74, 6) is -0.0663. The fourth-order valence-corrected chi connectivity index (χ4v) is 2.43. The second kappa shape index (κ2) is 4.13. The lowest BCUT2D eigenvalue weighted by atomic mass is 10.2. The molecule has 1 unspecified atom stereocenters. The van der Waals surface area contributed by atoms with Crippen LogP contribution in [0.4, 0.5) is 11.4 Å². The maximum Gasteiger partial charge on any atom is 0.228 e. The van der Waals surface area contributed by atoms with Gasteiger partial charge in [-0.25, -0.2) is 0 Å². The van der Waals surface area contributed by atoms with Crippen molar-refractivity contribution < 1.29 is 4.79 Å². The number of nitrogens with two attached hydrogens (primary N) is 2. The minimum atomic E-state index is -0.168. The molecule has 1 fully saturated rings. The summed E-state index contributed by atoms with van der Waals surface area (Å²) < 4.78 is 0. The number of carbonyl (C=O) groups excluding carboxylic acids is 1. The van der Waals surface area contributed by atoms with E-state index in [1.165, 1.54) is 4.90 Å². The summed E-state index contributed by atoms with van der Waals surface area (Å²) in [6.45, 7) is 0.435. The third kappa shape index (κ3) is 1.96. The SMILES string of the molecule is Nc1cc(Cl)cc(Cl)c1N1CC(N)CC1=O. The predicted octanol–water partition coefficient (Wildman–Crippen LogP) is 1.64. The van der Waals surface area contributed by atoms with Crippen molar-refractivity contribution >= 4 is 40.5 Å². The molecule has 1 atom stereocenters.